The summed E-state index contributed by atoms with van der Waals surface area (Å²) < 4.78 is 0. The molecule has 1 aliphatic carbocycles. The van der Waals surface area contributed by atoms with Crippen LogP contribution in [0, 0.1) is 16.7 Å². The predicted octanol–water partition coefficient (Wildman–Crippen LogP) is 2.21. The van der Waals surface area contributed by atoms with Gasteiger partial charge in [-0.1, -0.05) is 0 Å². The van der Waals surface area contributed by atoms with Crippen molar-refractivity contribution in [1.29, 1.82) is 5.26 Å². The minimum Gasteiger partial charge on any atom is -0.481 e. The van der Waals surface area contributed by atoms with Crippen LogP contribution in [-0.2, 0) is 17.6 Å². The Bertz CT molecular complexity index is 772. The maximum Gasteiger partial charge on any atom is 0.311 e. The van der Waals surface area contributed by atoms with Crippen molar-refractivity contribution >= 4 is 11.8 Å². The molecule has 4 rings (SSSR count). The Balaban J connectivity index is 1.68. The number of fused-ring (bicyclic) bond motifs is 2. The topological polar surface area (TPSA) is 80.5 Å². The lowest BCUT2D eigenvalue weighted by Gasteiger charge is -2.52. The van der Waals surface area contributed by atoms with E-state index >= 15 is 0 Å². The Kier molecular flexibility index (Phi) is 4.36. The number of anilines is 1. The average Bonchev–Trinajstić information content (AvgIpc) is 2.66. The Labute approximate surface area is 154 Å². The van der Waals surface area contributed by atoms with Crippen LogP contribution in [0.4, 0.5) is 5.82 Å². The van der Waals surface area contributed by atoms with Crippen molar-refractivity contribution in [3.8, 4) is 6.07 Å². The predicted molar refractivity (Wildman–Crippen MR) is 98.1 cm³/mol. The zero-order valence-corrected chi connectivity index (χ0v) is 15.4. The Hall–Kier alpha value is -2.13. The molecule has 3 heterocycles. The largest absolute Gasteiger partial charge is 0.481 e. The third kappa shape index (κ3) is 2.66. The standard InChI is InChI=1S/C20H26N4O2/c1-23-9-4-7-20(19(25)26)8-10-24(13-17(20)23)18-15(12-21)11-14-5-2-3-6-16(14)22-18/h11,17H,2-10,13H2,1H3,(H,25,26)/t17-,20+/m1/s1. The van der Waals surface area contributed by atoms with E-state index in [4.69, 9.17) is 4.98 Å². The van der Waals surface area contributed by atoms with Crippen molar-refractivity contribution in [3.63, 3.8) is 0 Å². The van der Waals surface area contributed by atoms with Crippen LogP contribution in [0.3, 0.4) is 0 Å². The SMILES string of the molecule is CN1CCC[C@]2(C(=O)O)CCN(c3nc4c(cc3C#N)CCCC4)C[C@@H]12. The van der Waals surface area contributed by atoms with Crippen molar-refractivity contribution < 1.29 is 9.90 Å². The molecule has 2 saturated heterocycles. The summed E-state index contributed by atoms with van der Waals surface area (Å²) in [5.41, 5.74) is 2.30. The van der Waals surface area contributed by atoms with E-state index in [1.54, 1.807) is 0 Å². The van der Waals surface area contributed by atoms with Crippen molar-refractivity contribution in [2.75, 3.05) is 31.6 Å². The minimum absolute atomic E-state index is 0.0353. The number of aryl methyl sites for hydroxylation is 2. The maximum atomic E-state index is 12.1. The number of pyridine rings is 1. The summed E-state index contributed by atoms with van der Waals surface area (Å²) in [5, 5.41) is 19.6. The van der Waals surface area contributed by atoms with Gasteiger partial charge in [-0.05, 0) is 70.2 Å². The molecule has 2 fully saturated rings. The molecule has 6 heteroatoms. The number of aliphatic carboxylic acids is 1. The summed E-state index contributed by atoms with van der Waals surface area (Å²) in [6.07, 6.45) is 6.58. The number of nitrogens with zero attached hydrogens (tertiary/aromatic N) is 4. The molecule has 6 nitrogen and oxygen atoms in total. The highest BCUT2D eigenvalue weighted by molar-refractivity contribution is 5.76. The maximum absolute atomic E-state index is 12.1. The van der Waals surface area contributed by atoms with Gasteiger partial charge in [0.2, 0.25) is 0 Å². The van der Waals surface area contributed by atoms with Gasteiger partial charge >= 0.3 is 5.97 Å². The third-order valence-electron chi connectivity index (χ3n) is 6.65. The summed E-state index contributed by atoms with van der Waals surface area (Å²) >= 11 is 0. The molecule has 1 aromatic rings. The van der Waals surface area contributed by atoms with E-state index in [2.05, 4.69) is 15.9 Å². The van der Waals surface area contributed by atoms with Gasteiger partial charge < -0.3 is 14.9 Å². The van der Waals surface area contributed by atoms with Crippen molar-refractivity contribution in [2.45, 2.75) is 51.0 Å². The Morgan fingerprint density at radius 3 is 2.88 bits per heavy atom. The van der Waals surface area contributed by atoms with Gasteiger partial charge in [0.05, 0.1) is 11.0 Å². The number of nitriles is 1. The van der Waals surface area contributed by atoms with Crippen LogP contribution in [0.5, 0.6) is 0 Å². The highest BCUT2D eigenvalue weighted by Crippen LogP contribution is 2.43. The molecule has 2 atom stereocenters. The minimum atomic E-state index is -0.674. The van der Waals surface area contributed by atoms with Crippen LogP contribution in [0.15, 0.2) is 6.07 Å². The zero-order chi connectivity index (χ0) is 18.3. The third-order valence-corrected chi connectivity index (χ3v) is 6.65. The average molecular weight is 354 g/mol. The summed E-state index contributed by atoms with van der Waals surface area (Å²) in [7, 11) is 2.02. The molecule has 0 bridgehead atoms. The van der Waals surface area contributed by atoms with E-state index in [9.17, 15) is 15.2 Å². The molecule has 3 aliphatic rings. The van der Waals surface area contributed by atoms with Gasteiger partial charge in [0.15, 0.2) is 0 Å². The number of aromatic nitrogens is 1. The molecule has 26 heavy (non-hydrogen) atoms. The number of carbonyl (C=O) groups is 1. The molecule has 0 radical (unpaired) electrons. The number of carboxylic acids is 1. The van der Waals surface area contributed by atoms with Gasteiger partial charge in [-0.2, -0.15) is 5.26 Å². The van der Waals surface area contributed by atoms with Gasteiger partial charge in [-0.25, -0.2) is 4.98 Å². The second-order valence-corrected chi connectivity index (χ2v) is 8.04. The number of rotatable bonds is 2. The second-order valence-electron chi connectivity index (χ2n) is 8.04. The second kappa shape index (κ2) is 6.55. The molecule has 0 aromatic carbocycles. The van der Waals surface area contributed by atoms with Crippen molar-refractivity contribution in [3.05, 3.63) is 22.9 Å². The first kappa shape index (κ1) is 17.3. The van der Waals surface area contributed by atoms with Crippen molar-refractivity contribution in [2.24, 2.45) is 5.41 Å². The number of carboxylic acid groups (broad SMARTS) is 1. The lowest BCUT2D eigenvalue weighted by atomic mass is 9.68. The Morgan fingerprint density at radius 2 is 2.12 bits per heavy atom. The van der Waals surface area contributed by atoms with Crippen molar-refractivity contribution in [1.82, 2.24) is 9.88 Å². The quantitative estimate of drug-likeness (QED) is 0.877. The number of hydrogen-bond donors (Lipinski definition) is 1. The number of likely N-dealkylation sites (N-methyl/N-ethyl adjacent to an activating group) is 1. The molecular formula is C20H26N4O2. The number of likely N-dealkylation sites (tertiary alicyclic amines) is 1. The monoisotopic (exact) mass is 354 g/mol. The van der Waals surface area contributed by atoms with E-state index in [0.29, 0.717) is 25.1 Å². The molecule has 1 aromatic heterocycles. The Morgan fingerprint density at radius 1 is 1.31 bits per heavy atom. The summed E-state index contributed by atoms with van der Waals surface area (Å²) in [6, 6.07) is 4.30. The first-order chi connectivity index (χ1) is 12.5. The lowest BCUT2D eigenvalue weighted by Crippen LogP contribution is -2.63. The smallest absolute Gasteiger partial charge is 0.311 e. The van der Waals surface area contributed by atoms with Gasteiger partial charge in [0.25, 0.3) is 0 Å². The van der Waals surface area contributed by atoms with Crippen LogP contribution in [0.1, 0.15) is 48.9 Å². The van der Waals surface area contributed by atoms with Crippen LogP contribution >= 0.6 is 0 Å². The highest BCUT2D eigenvalue weighted by atomic mass is 16.4. The normalized spacial score (nSPS) is 28.8. The van der Waals surface area contributed by atoms with Gasteiger partial charge in [0.1, 0.15) is 11.9 Å². The lowest BCUT2D eigenvalue weighted by molar-refractivity contribution is -0.158. The molecular weight excluding hydrogens is 328 g/mol. The van der Waals surface area contributed by atoms with E-state index in [1.807, 2.05) is 13.1 Å². The molecule has 2 aliphatic heterocycles. The fraction of sp³-hybridized carbons (Fsp3) is 0.650. The zero-order valence-electron chi connectivity index (χ0n) is 15.4. The summed E-state index contributed by atoms with van der Waals surface area (Å²) in [6.45, 7) is 2.20. The highest BCUT2D eigenvalue weighted by Gasteiger charge is 2.52. The fourth-order valence-corrected chi connectivity index (χ4v) is 5.12. The molecule has 0 amide bonds. The summed E-state index contributed by atoms with van der Waals surface area (Å²) in [4.78, 5) is 21.3. The first-order valence-electron chi connectivity index (χ1n) is 9.66. The molecule has 1 N–H and O–H groups in total. The number of piperidine rings is 2. The number of hydrogen-bond acceptors (Lipinski definition) is 5. The van der Waals surface area contributed by atoms with Gasteiger partial charge in [-0.15, -0.1) is 0 Å². The summed E-state index contributed by atoms with van der Waals surface area (Å²) in [5.74, 6) is 0.0821. The fourth-order valence-electron chi connectivity index (χ4n) is 5.12. The molecule has 138 valence electrons. The van der Waals surface area contributed by atoms with E-state index in [-0.39, 0.29) is 6.04 Å². The van der Waals surface area contributed by atoms with Crippen LogP contribution in [0.25, 0.3) is 0 Å². The molecule has 0 spiro atoms. The van der Waals surface area contributed by atoms with E-state index in [0.717, 1.165) is 56.6 Å². The van der Waals surface area contributed by atoms with Gasteiger partial charge in [-0.3, -0.25) is 4.79 Å². The van der Waals surface area contributed by atoms with Crippen LogP contribution in [-0.4, -0.2) is 53.7 Å². The van der Waals surface area contributed by atoms with Crippen LogP contribution < -0.4 is 4.90 Å². The van der Waals surface area contributed by atoms with Gasteiger partial charge in [0, 0.05) is 24.8 Å². The van der Waals surface area contributed by atoms with E-state index in [1.165, 1.54) is 5.56 Å². The van der Waals surface area contributed by atoms with Crippen LogP contribution in [0.2, 0.25) is 0 Å². The molecule has 0 saturated carbocycles. The van der Waals surface area contributed by atoms with E-state index < -0.39 is 11.4 Å². The molecule has 0 unspecified atom stereocenters. The first-order valence-corrected chi connectivity index (χ1v) is 9.66.